The molecule has 4 heteroatoms. The summed E-state index contributed by atoms with van der Waals surface area (Å²) in [6, 6.07) is -0.299. The molecule has 4 nitrogen and oxygen atoms in total. The summed E-state index contributed by atoms with van der Waals surface area (Å²) in [5.41, 5.74) is 0. The van der Waals surface area contributed by atoms with E-state index in [2.05, 4.69) is 15.0 Å². The first-order valence-electron chi connectivity index (χ1n) is 2.69. The Morgan fingerprint density at radius 2 is 2.44 bits per heavy atom. The van der Waals surface area contributed by atoms with Gasteiger partial charge in [0.25, 0.3) is 0 Å². The number of nitrogens with zero attached hydrogens (tertiary/aromatic N) is 1. The number of nitrogens with one attached hydrogen (secondary N) is 1. The van der Waals surface area contributed by atoms with Crippen LogP contribution in [0.4, 0.5) is 0 Å². The van der Waals surface area contributed by atoms with Crippen molar-refractivity contribution >= 4 is 6.02 Å². The lowest BCUT2D eigenvalue weighted by Gasteiger charge is -2.07. The molecule has 0 atom stereocenters. The van der Waals surface area contributed by atoms with E-state index in [1.165, 1.54) is 0 Å². The van der Waals surface area contributed by atoms with Gasteiger partial charge in [0.05, 0.1) is 13.2 Å². The van der Waals surface area contributed by atoms with Gasteiger partial charge in [-0.25, -0.2) is 0 Å². The van der Waals surface area contributed by atoms with Crippen LogP contribution in [0.15, 0.2) is 4.99 Å². The smallest absolute Gasteiger partial charge is 0.0658 e. The van der Waals surface area contributed by atoms with E-state index in [0.717, 1.165) is 0 Å². The monoisotopic (exact) mass is 131 g/mol. The van der Waals surface area contributed by atoms with E-state index in [0.29, 0.717) is 13.2 Å². The molecule has 0 spiro atoms. The highest BCUT2D eigenvalue weighted by Gasteiger charge is 1.77. The standard InChI is InChI=1S/C5H12N2O2/c1-6-5(8)7-3-4-9-2/h3-4H2,1-2H3,(H2,6,7,8)/p-1. The summed E-state index contributed by atoms with van der Waals surface area (Å²) in [6.45, 7) is 0.920. The van der Waals surface area contributed by atoms with Gasteiger partial charge < -0.3 is 15.2 Å². The molecule has 9 heavy (non-hydrogen) atoms. The van der Waals surface area contributed by atoms with Crippen LogP contribution in [-0.2, 0) is 4.74 Å². The van der Waals surface area contributed by atoms with Crippen LogP contribution in [0.5, 0.6) is 0 Å². The van der Waals surface area contributed by atoms with Crippen LogP contribution in [0, 0.1) is 0 Å². The SMILES string of the molecule is CNC([O-])=NCCOC. The molecule has 0 aromatic rings. The van der Waals surface area contributed by atoms with Gasteiger partial charge >= 0.3 is 0 Å². The van der Waals surface area contributed by atoms with E-state index in [4.69, 9.17) is 0 Å². The lowest BCUT2D eigenvalue weighted by Crippen LogP contribution is -2.32. The van der Waals surface area contributed by atoms with E-state index in [1.807, 2.05) is 0 Å². The molecule has 0 rings (SSSR count). The molecule has 54 valence electrons. The van der Waals surface area contributed by atoms with Crippen molar-refractivity contribution in [3.8, 4) is 0 Å². The third-order valence-electron chi connectivity index (χ3n) is 0.765. The Kier molecular flexibility index (Phi) is 4.91. The minimum atomic E-state index is -0.299. The zero-order valence-electron chi connectivity index (χ0n) is 5.68. The maximum absolute atomic E-state index is 10.4. The summed E-state index contributed by atoms with van der Waals surface area (Å²) in [7, 11) is 3.11. The second-order valence-electron chi connectivity index (χ2n) is 1.43. The van der Waals surface area contributed by atoms with Gasteiger partial charge in [0.1, 0.15) is 0 Å². The third-order valence-corrected chi connectivity index (χ3v) is 0.765. The topological polar surface area (TPSA) is 56.7 Å². The molecule has 0 aliphatic rings. The number of amidine groups is 1. The molecule has 0 unspecified atom stereocenters. The molecular weight excluding hydrogens is 120 g/mol. The molecule has 1 N–H and O–H groups in total. The Morgan fingerprint density at radius 3 is 2.89 bits per heavy atom. The van der Waals surface area contributed by atoms with Crippen molar-refractivity contribution in [1.82, 2.24) is 5.32 Å². The van der Waals surface area contributed by atoms with E-state index in [9.17, 15) is 5.11 Å². The molecule has 0 fully saturated rings. The Labute approximate surface area is 54.6 Å². The van der Waals surface area contributed by atoms with Gasteiger partial charge in [0.2, 0.25) is 0 Å². The summed E-state index contributed by atoms with van der Waals surface area (Å²) >= 11 is 0. The average Bonchev–Trinajstić information content (AvgIpc) is 1.89. The summed E-state index contributed by atoms with van der Waals surface area (Å²) in [4.78, 5) is 3.56. The summed E-state index contributed by atoms with van der Waals surface area (Å²) in [5, 5.41) is 12.7. The first kappa shape index (κ1) is 8.23. The fraction of sp³-hybridized carbons (Fsp3) is 0.800. The molecule has 0 aliphatic heterocycles. The molecule has 0 heterocycles. The zero-order valence-corrected chi connectivity index (χ0v) is 5.68. The lowest BCUT2D eigenvalue weighted by atomic mass is 10.7. The Morgan fingerprint density at radius 1 is 1.78 bits per heavy atom. The first-order chi connectivity index (χ1) is 4.31. The van der Waals surface area contributed by atoms with E-state index < -0.39 is 0 Å². The van der Waals surface area contributed by atoms with Crippen molar-refractivity contribution in [3.63, 3.8) is 0 Å². The molecule has 0 saturated heterocycles. The van der Waals surface area contributed by atoms with Crippen molar-refractivity contribution in [2.45, 2.75) is 0 Å². The molecule has 0 aromatic heterocycles. The number of methoxy groups -OCH3 is 1. The first-order valence-corrected chi connectivity index (χ1v) is 2.69. The Balaban J connectivity index is 3.21. The summed E-state index contributed by atoms with van der Waals surface area (Å²) < 4.78 is 4.66. The largest absolute Gasteiger partial charge is 0.846 e. The minimum absolute atomic E-state index is 0.299. The van der Waals surface area contributed by atoms with Crippen LogP contribution in [0.3, 0.4) is 0 Å². The van der Waals surface area contributed by atoms with Crippen LogP contribution < -0.4 is 10.4 Å². The van der Waals surface area contributed by atoms with Crippen molar-refractivity contribution in [2.24, 2.45) is 4.99 Å². The van der Waals surface area contributed by atoms with Crippen LogP contribution in [0.25, 0.3) is 0 Å². The number of rotatable bonds is 3. The summed E-state index contributed by atoms with van der Waals surface area (Å²) in [5.74, 6) is 0. The Hall–Kier alpha value is -0.770. The average molecular weight is 131 g/mol. The van der Waals surface area contributed by atoms with Crippen LogP contribution >= 0.6 is 0 Å². The summed E-state index contributed by atoms with van der Waals surface area (Å²) in [6.07, 6.45) is 0. The number of hydrogen-bond donors (Lipinski definition) is 1. The van der Waals surface area contributed by atoms with E-state index in [-0.39, 0.29) is 6.02 Å². The van der Waals surface area contributed by atoms with Crippen molar-refractivity contribution in [3.05, 3.63) is 0 Å². The van der Waals surface area contributed by atoms with E-state index in [1.54, 1.807) is 14.2 Å². The maximum Gasteiger partial charge on any atom is 0.0658 e. The van der Waals surface area contributed by atoms with Crippen molar-refractivity contribution < 1.29 is 9.84 Å². The van der Waals surface area contributed by atoms with Crippen LogP contribution in [0.1, 0.15) is 0 Å². The molecule has 0 amide bonds. The number of hydrogen-bond acceptors (Lipinski definition) is 3. The highest BCUT2D eigenvalue weighted by atomic mass is 16.5. The fourth-order valence-electron chi connectivity index (χ4n) is 0.318. The second-order valence-corrected chi connectivity index (χ2v) is 1.43. The number of ether oxygens (including phenoxy) is 1. The maximum atomic E-state index is 10.4. The van der Waals surface area contributed by atoms with Gasteiger partial charge in [-0.15, -0.1) is 0 Å². The highest BCUT2D eigenvalue weighted by molar-refractivity contribution is 5.68. The third kappa shape index (κ3) is 5.10. The predicted octanol–water partition coefficient (Wildman–Crippen LogP) is -1.43. The minimum Gasteiger partial charge on any atom is -0.846 e. The van der Waals surface area contributed by atoms with Gasteiger partial charge in [-0.1, -0.05) is 0 Å². The van der Waals surface area contributed by atoms with E-state index >= 15 is 0 Å². The highest BCUT2D eigenvalue weighted by Crippen LogP contribution is 1.69. The molecule has 0 saturated carbocycles. The molecule has 0 bridgehead atoms. The molecule has 0 radical (unpaired) electrons. The van der Waals surface area contributed by atoms with Crippen molar-refractivity contribution in [1.29, 1.82) is 0 Å². The van der Waals surface area contributed by atoms with Crippen LogP contribution in [0.2, 0.25) is 0 Å². The zero-order chi connectivity index (χ0) is 7.11. The molecule has 0 aliphatic carbocycles. The van der Waals surface area contributed by atoms with Gasteiger partial charge in [-0.2, -0.15) is 0 Å². The van der Waals surface area contributed by atoms with Gasteiger partial charge in [-0.05, 0) is 0 Å². The molecule has 0 aromatic carbocycles. The fourth-order valence-corrected chi connectivity index (χ4v) is 0.318. The van der Waals surface area contributed by atoms with Gasteiger partial charge in [0, 0.05) is 20.2 Å². The molecular formula is C5H11N2O2-. The van der Waals surface area contributed by atoms with Gasteiger partial charge in [-0.3, -0.25) is 4.99 Å². The predicted molar refractivity (Wildman–Crippen MR) is 33.2 cm³/mol. The second kappa shape index (κ2) is 5.37. The lowest BCUT2D eigenvalue weighted by molar-refractivity contribution is -0.221. The van der Waals surface area contributed by atoms with Crippen molar-refractivity contribution in [2.75, 3.05) is 27.3 Å². The number of aliphatic imine (C=N–C) groups is 1. The van der Waals surface area contributed by atoms with Gasteiger partial charge in [0.15, 0.2) is 0 Å². The normalized spacial score (nSPS) is 11.6. The Bertz CT molecular complexity index is 93.0. The van der Waals surface area contributed by atoms with Crippen LogP contribution in [-0.4, -0.2) is 33.3 Å². The quantitative estimate of drug-likeness (QED) is 0.290.